The number of nitrogens with one attached hydrogen (secondary N) is 2. The Morgan fingerprint density at radius 3 is 2.67 bits per heavy atom. The Morgan fingerprint density at radius 2 is 1.83 bits per heavy atom. The summed E-state index contributed by atoms with van der Waals surface area (Å²) >= 11 is 0. The van der Waals surface area contributed by atoms with Gasteiger partial charge in [0.05, 0.1) is 11.2 Å². The van der Waals surface area contributed by atoms with Crippen LogP contribution < -0.4 is 10.6 Å². The van der Waals surface area contributed by atoms with Crippen LogP contribution >= 0.6 is 0 Å². The highest BCUT2D eigenvalue weighted by Gasteiger charge is 2.08. The molecular weight excluding hydrogens is 298 g/mol. The first kappa shape index (κ1) is 16.1. The van der Waals surface area contributed by atoms with Crippen LogP contribution in [0, 0.1) is 0 Å². The molecule has 0 spiro atoms. The number of carbonyl (C=O) groups is 1. The Balaban J connectivity index is 1.54. The molecule has 3 rings (SSSR count). The fourth-order valence-corrected chi connectivity index (χ4v) is 2.68. The van der Waals surface area contributed by atoms with Crippen molar-refractivity contribution in [3.63, 3.8) is 0 Å². The number of para-hydroxylation sites is 1. The van der Waals surface area contributed by atoms with Gasteiger partial charge < -0.3 is 10.6 Å². The second-order valence-corrected chi connectivity index (χ2v) is 5.77. The van der Waals surface area contributed by atoms with Crippen molar-refractivity contribution in [1.82, 2.24) is 10.3 Å². The minimum atomic E-state index is -0.0130. The molecule has 0 fully saturated rings. The minimum Gasteiger partial charge on any atom is -0.324 e. The normalized spacial score (nSPS) is 12.0. The van der Waals surface area contributed by atoms with Crippen LogP contribution in [0.3, 0.4) is 0 Å². The summed E-state index contributed by atoms with van der Waals surface area (Å²) in [6.07, 6.45) is 2.15. The first-order valence-corrected chi connectivity index (χ1v) is 8.16. The van der Waals surface area contributed by atoms with E-state index in [0.717, 1.165) is 16.6 Å². The van der Waals surface area contributed by atoms with Crippen LogP contribution in [-0.2, 0) is 4.79 Å². The minimum absolute atomic E-state index is 0.0130. The highest BCUT2D eigenvalue weighted by Crippen LogP contribution is 2.20. The molecule has 1 amide bonds. The van der Waals surface area contributed by atoms with Gasteiger partial charge in [0.2, 0.25) is 5.91 Å². The van der Waals surface area contributed by atoms with E-state index in [-0.39, 0.29) is 11.9 Å². The number of anilines is 1. The van der Waals surface area contributed by atoms with Gasteiger partial charge >= 0.3 is 0 Å². The van der Waals surface area contributed by atoms with Crippen molar-refractivity contribution in [3.05, 3.63) is 72.4 Å². The number of carbonyl (C=O) groups excluding carboxylic acids is 1. The molecular formula is C20H21N3O. The van der Waals surface area contributed by atoms with Crippen molar-refractivity contribution in [2.75, 3.05) is 11.9 Å². The molecule has 2 N–H and O–H groups in total. The molecule has 1 heterocycles. The molecule has 0 aliphatic carbocycles. The van der Waals surface area contributed by atoms with Gasteiger partial charge in [-0.15, -0.1) is 0 Å². The van der Waals surface area contributed by atoms with Gasteiger partial charge in [0, 0.05) is 30.6 Å². The molecule has 0 saturated carbocycles. The van der Waals surface area contributed by atoms with Crippen molar-refractivity contribution in [2.24, 2.45) is 0 Å². The number of pyridine rings is 1. The molecule has 0 radical (unpaired) electrons. The van der Waals surface area contributed by atoms with E-state index >= 15 is 0 Å². The third-order valence-corrected chi connectivity index (χ3v) is 4.01. The lowest BCUT2D eigenvalue weighted by atomic mass is 10.1. The van der Waals surface area contributed by atoms with Gasteiger partial charge in [-0.2, -0.15) is 0 Å². The predicted molar refractivity (Wildman–Crippen MR) is 97.8 cm³/mol. The molecule has 24 heavy (non-hydrogen) atoms. The molecule has 3 aromatic rings. The topological polar surface area (TPSA) is 54.0 Å². The van der Waals surface area contributed by atoms with Crippen LogP contribution in [-0.4, -0.2) is 17.4 Å². The van der Waals surface area contributed by atoms with E-state index < -0.39 is 0 Å². The van der Waals surface area contributed by atoms with E-state index in [0.29, 0.717) is 13.0 Å². The van der Waals surface area contributed by atoms with Crippen molar-refractivity contribution >= 4 is 22.5 Å². The monoisotopic (exact) mass is 319 g/mol. The summed E-state index contributed by atoms with van der Waals surface area (Å²) < 4.78 is 0. The molecule has 1 atom stereocenters. The second-order valence-electron chi connectivity index (χ2n) is 5.77. The van der Waals surface area contributed by atoms with Gasteiger partial charge in [0.15, 0.2) is 0 Å². The fraction of sp³-hybridized carbons (Fsp3) is 0.200. The number of amides is 1. The number of benzene rings is 2. The molecule has 122 valence electrons. The highest BCUT2D eigenvalue weighted by molar-refractivity contribution is 6.00. The van der Waals surface area contributed by atoms with E-state index in [1.165, 1.54) is 5.56 Å². The molecule has 1 aromatic heterocycles. The van der Waals surface area contributed by atoms with E-state index in [2.05, 4.69) is 34.7 Å². The molecule has 4 nitrogen and oxygen atoms in total. The molecule has 0 saturated heterocycles. The largest absolute Gasteiger partial charge is 0.324 e. The van der Waals surface area contributed by atoms with Crippen molar-refractivity contribution in [1.29, 1.82) is 0 Å². The Labute approximate surface area is 141 Å². The van der Waals surface area contributed by atoms with Crippen LogP contribution in [0.4, 0.5) is 5.69 Å². The number of rotatable bonds is 6. The molecule has 0 bridgehead atoms. The maximum atomic E-state index is 12.2. The summed E-state index contributed by atoms with van der Waals surface area (Å²) in [7, 11) is 0. The van der Waals surface area contributed by atoms with Gasteiger partial charge in [-0.25, -0.2) is 0 Å². The first-order chi connectivity index (χ1) is 11.7. The molecule has 4 heteroatoms. The van der Waals surface area contributed by atoms with Crippen LogP contribution in [0.15, 0.2) is 66.9 Å². The Kier molecular flexibility index (Phi) is 5.18. The lowest BCUT2D eigenvalue weighted by Gasteiger charge is -2.14. The number of nitrogens with zero attached hydrogens (tertiary/aromatic N) is 1. The van der Waals surface area contributed by atoms with Gasteiger partial charge in [-0.1, -0.05) is 48.5 Å². The SMILES string of the molecule is CC(NCCC(=O)Nc1cccc2cccnc12)c1ccccc1. The molecule has 1 unspecified atom stereocenters. The molecule has 2 aromatic carbocycles. The number of hydrogen-bond acceptors (Lipinski definition) is 3. The Morgan fingerprint density at radius 1 is 1.04 bits per heavy atom. The zero-order valence-corrected chi connectivity index (χ0v) is 13.7. The van der Waals surface area contributed by atoms with Crippen molar-refractivity contribution in [2.45, 2.75) is 19.4 Å². The van der Waals surface area contributed by atoms with E-state index in [1.54, 1.807) is 6.20 Å². The zero-order chi connectivity index (χ0) is 16.8. The smallest absolute Gasteiger partial charge is 0.225 e. The molecule has 0 aliphatic heterocycles. The lowest BCUT2D eigenvalue weighted by Crippen LogP contribution is -2.24. The van der Waals surface area contributed by atoms with E-state index in [4.69, 9.17) is 0 Å². The van der Waals surface area contributed by atoms with Crippen molar-refractivity contribution in [3.8, 4) is 0 Å². The predicted octanol–water partition coefficient (Wildman–Crippen LogP) is 3.91. The van der Waals surface area contributed by atoms with Crippen LogP contribution in [0.2, 0.25) is 0 Å². The van der Waals surface area contributed by atoms with E-state index in [9.17, 15) is 4.79 Å². The van der Waals surface area contributed by atoms with Gasteiger partial charge in [0.1, 0.15) is 0 Å². The third kappa shape index (κ3) is 3.97. The summed E-state index contributed by atoms with van der Waals surface area (Å²) in [5.41, 5.74) is 2.80. The zero-order valence-electron chi connectivity index (χ0n) is 13.7. The summed E-state index contributed by atoms with van der Waals surface area (Å²) in [5, 5.41) is 7.35. The summed E-state index contributed by atoms with van der Waals surface area (Å²) in [6, 6.07) is 20.1. The fourth-order valence-electron chi connectivity index (χ4n) is 2.68. The average Bonchev–Trinajstić information content (AvgIpc) is 2.63. The van der Waals surface area contributed by atoms with Gasteiger partial charge in [-0.3, -0.25) is 9.78 Å². The average molecular weight is 319 g/mol. The quantitative estimate of drug-likeness (QED) is 0.724. The van der Waals surface area contributed by atoms with Crippen LogP contribution in [0.5, 0.6) is 0 Å². The third-order valence-electron chi connectivity index (χ3n) is 4.01. The summed E-state index contributed by atoms with van der Waals surface area (Å²) in [6.45, 7) is 2.72. The standard InChI is InChI=1S/C20H21N3O/c1-15(16-7-3-2-4-8-16)21-14-12-19(24)23-18-11-5-9-17-10-6-13-22-20(17)18/h2-11,13,15,21H,12,14H2,1H3,(H,23,24). The van der Waals surface area contributed by atoms with Crippen LogP contribution in [0.25, 0.3) is 10.9 Å². The number of hydrogen-bond donors (Lipinski definition) is 2. The van der Waals surface area contributed by atoms with E-state index in [1.807, 2.05) is 48.5 Å². The molecule has 0 aliphatic rings. The Bertz CT molecular complexity index is 812. The maximum absolute atomic E-state index is 12.2. The highest BCUT2D eigenvalue weighted by atomic mass is 16.1. The summed E-state index contributed by atoms with van der Waals surface area (Å²) in [5.74, 6) is -0.0130. The first-order valence-electron chi connectivity index (χ1n) is 8.16. The summed E-state index contributed by atoms with van der Waals surface area (Å²) in [4.78, 5) is 16.5. The van der Waals surface area contributed by atoms with Gasteiger partial charge in [-0.05, 0) is 24.6 Å². The van der Waals surface area contributed by atoms with Crippen LogP contribution in [0.1, 0.15) is 24.9 Å². The maximum Gasteiger partial charge on any atom is 0.225 e. The van der Waals surface area contributed by atoms with Crippen molar-refractivity contribution < 1.29 is 4.79 Å². The Hall–Kier alpha value is -2.72. The number of aromatic nitrogens is 1. The second kappa shape index (κ2) is 7.70. The lowest BCUT2D eigenvalue weighted by molar-refractivity contribution is -0.116. The number of fused-ring (bicyclic) bond motifs is 1. The van der Waals surface area contributed by atoms with Gasteiger partial charge in [0.25, 0.3) is 0 Å².